The second kappa shape index (κ2) is 8.43. The third kappa shape index (κ3) is 5.11. The van der Waals surface area contributed by atoms with Crippen molar-refractivity contribution < 1.29 is 24.0 Å². The smallest absolute Gasteiger partial charge is 0.320 e. The minimum atomic E-state index is -1.22. The van der Waals surface area contributed by atoms with Gasteiger partial charge in [-0.3, -0.25) is 19.7 Å². The van der Waals surface area contributed by atoms with Crippen LogP contribution in [0.2, 0.25) is 0 Å². The Morgan fingerprint density at radius 2 is 1.56 bits per heavy atom. The van der Waals surface area contributed by atoms with Crippen molar-refractivity contribution in [2.45, 2.75) is 27.2 Å². The third-order valence-corrected chi connectivity index (χ3v) is 2.46. The molecule has 0 aliphatic carbocycles. The second-order valence-corrected chi connectivity index (χ2v) is 3.67. The zero-order valence-corrected chi connectivity index (χ0v) is 10.9. The number of carbonyl (C=O) groups excluding carboxylic acids is 2. The van der Waals surface area contributed by atoms with Gasteiger partial charge in [0.2, 0.25) is 6.54 Å². The summed E-state index contributed by atoms with van der Waals surface area (Å²) in [5, 5.41) is 10.5. The van der Waals surface area contributed by atoms with Gasteiger partial charge in [-0.15, -0.1) is 0 Å². The number of esters is 2. The Labute approximate surface area is 106 Å². The Kier molecular flexibility index (Phi) is 7.66. The molecule has 1 unspecified atom stereocenters. The molecule has 0 N–H and O–H groups in total. The Balaban J connectivity index is 4.96. The summed E-state index contributed by atoms with van der Waals surface area (Å²) in [4.78, 5) is 33.4. The molecule has 0 heterocycles. The molecule has 0 bridgehead atoms. The standard InChI is InChI=1S/C11H19NO6/c1-4-8(7-12(15)16)9(10(13)17-5-2)11(14)18-6-3/h8-9H,4-7H2,1-3H3. The number of hydrogen-bond acceptors (Lipinski definition) is 6. The summed E-state index contributed by atoms with van der Waals surface area (Å²) in [5.41, 5.74) is 0. The molecular weight excluding hydrogens is 242 g/mol. The lowest BCUT2D eigenvalue weighted by Gasteiger charge is -2.19. The molecule has 0 saturated carbocycles. The molecule has 0 rings (SSSR count). The molecule has 0 aromatic carbocycles. The van der Waals surface area contributed by atoms with Crippen LogP contribution in [0.5, 0.6) is 0 Å². The normalized spacial score (nSPS) is 12.0. The highest BCUT2D eigenvalue weighted by atomic mass is 16.6. The van der Waals surface area contributed by atoms with E-state index < -0.39 is 35.2 Å². The molecular formula is C11H19NO6. The van der Waals surface area contributed by atoms with Crippen LogP contribution in [-0.2, 0) is 19.1 Å². The molecule has 7 nitrogen and oxygen atoms in total. The maximum absolute atomic E-state index is 11.7. The van der Waals surface area contributed by atoms with E-state index >= 15 is 0 Å². The van der Waals surface area contributed by atoms with Crippen LogP contribution in [0.25, 0.3) is 0 Å². The summed E-state index contributed by atoms with van der Waals surface area (Å²) in [6, 6.07) is 0. The molecule has 104 valence electrons. The monoisotopic (exact) mass is 261 g/mol. The zero-order valence-electron chi connectivity index (χ0n) is 10.9. The van der Waals surface area contributed by atoms with E-state index in [-0.39, 0.29) is 13.2 Å². The van der Waals surface area contributed by atoms with Crippen molar-refractivity contribution in [2.24, 2.45) is 11.8 Å². The number of carbonyl (C=O) groups is 2. The molecule has 0 aromatic heterocycles. The molecule has 0 aliphatic heterocycles. The van der Waals surface area contributed by atoms with Crippen molar-refractivity contribution in [2.75, 3.05) is 19.8 Å². The van der Waals surface area contributed by atoms with Crippen LogP contribution in [-0.4, -0.2) is 36.6 Å². The van der Waals surface area contributed by atoms with Crippen molar-refractivity contribution >= 4 is 11.9 Å². The van der Waals surface area contributed by atoms with Crippen molar-refractivity contribution in [3.05, 3.63) is 10.1 Å². The van der Waals surface area contributed by atoms with Gasteiger partial charge < -0.3 is 9.47 Å². The first-order chi connectivity index (χ1) is 8.47. The van der Waals surface area contributed by atoms with Crippen molar-refractivity contribution in [3.63, 3.8) is 0 Å². The molecule has 18 heavy (non-hydrogen) atoms. The van der Waals surface area contributed by atoms with Crippen molar-refractivity contribution in [1.29, 1.82) is 0 Å². The lowest BCUT2D eigenvalue weighted by Crippen LogP contribution is -2.37. The average molecular weight is 261 g/mol. The summed E-state index contributed by atoms with van der Waals surface area (Å²) >= 11 is 0. The van der Waals surface area contributed by atoms with Gasteiger partial charge in [-0.25, -0.2) is 0 Å². The van der Waals surface area contributed by atoms with Gasteiger partial charge in [-0.1, -0.05) is 6.92 Å². The third-order valence-electron chi connectivity index (χ3n) is 2.46. The lowest BCUT2D eigenvalue weighted by molar-refractivity contribution is -0.489. The van der Waals surface area contributed by atoms with E-state index in [1.165, 1.54) is 0 Å². The Morgan fingerprint density at radius 3 is 1.83 bits per heavy atom. The average Bonchev–Trinajstić information content (AvgIpc) is 2.28. The van der Waals surface area contributed by atoms with E-state index in [0.29, 0.717) is 6.42 Å². The predicted molar refractivity (Wildman–Crippen MR) is 62.4 cm³/mol. The highest BCUT2D eigenvalue weighted by Crippen LogP contribution is 2.20. The van der Waals surface area contributed by atoms with Crippen LogP contribution in [0.15, 0.2) is 0 Å². The van der Waals surface area contributed by atoms with E-state index in [1.807, 2.05) is 0 Å². The largest absolute Gasteiger partial charge is 0.465 e. The molecule has 0 radical (unpaired) electrons. The Bertz CT molecular complexity index is 286. The first kappa shape index (κ1) is 16.3. The molecule has 0 fully saturated rings. The molecule has 0 aromatic rings. The van der Waals surface area contributed by atoms with E-state index in [4.69, 9.17) is 9.47 Å². The SMILES string of the molecule is CCOC(=O)C(C(=O)OCC)C(CC)C[N+](=O)[O-]. The molecule has 0 spiro atoms. The fourth-order valence-electron chi connectivity index (χ4n) is 1.61. The molecule has 0 aliphatic rings. The van der Waals surface area contributed by atoms with Gasteiger partial charge in [-0.2, -0.15) is 0 Å². The van der Waals surface area contributed by atoms with E-state index in [2.05, 4.69) is 0 Å². The van der Waals surface area contributed by atoms with E-state index in [0.717, 1.165) is 0 Å². The number of ether oxygens (including phenoxy) is 2. The summed E-state index contributed by atoms with van der Waals surface area (Å²) in [7, 11) is 0. The van der Waals surface area contributed by atoms with Crippen molar-refractivity contribution in [1.82, 2.24) is 0 Å². The Hall–Kier alpha value is -1.66. The zero-order chi connectivity index (χ0) is 14.1. The Morgan fingerprint density at radius 1 is 1.11 bits per heavy atom. The van der Waals surface area contributed by atoms with Gasteiger partial charge in [0, 0.05) is 10.8 Å². The molecule has 7 heteroatoms. The number of nitro groups is 1. The molecule has 1 atom stereocenters. The number of hydrogen-bond donors (Lipinski definition) is 0. The quantitative estimate of drug-likeness (QED) is 0.280. The van der Waals surface area contributed by atoms with Gasteiger partial charge in [-0.05, 0) is 20.3 Å². The molecule has 0 amide bonds. The van der Waals surface area contributed by atoms with Gasteiger partial charge in [0.15, 0.2) is 5.92 Å². The minimum absolute atomic E-state index is 0.115. The fraction of sp³-hybridized carbons (Fsp3) is 0.818. The summed E-state index contributed by atoms with van der Waals surface area (Å²) in [5.74, 6) is -3.45. The van der Waals surface area contributed by atoms with E-state index in [1.54, 1.807) is 20.8 Å². The van der Waals surface area contributed by atoms with Crippen LogP contribution in [0.1, 0.15) is 27.2 Å². The number of rotatable bonds is 8. The topological polar surface area (TPSA) is 95.7 Å². The predicted octanol–water partition coefficient (Wildman–Crippen LogP) is 1.03. The fourth-order valence-corrected chi connectivity index (χ4v) is 1.61. The number of nitrogens with zero attached hydrogens (tertiary/aromatic N) is 1. The summed E-state index contributed by atoms with van der Waals surface area (Å²) in [6.45, 7) is 4.66. The maximum atomic E-state index is 11.7. The second-order valence-electron chi connectivity index (χ2n) is 3.67. The molecule has 0 saturated heterocycles. The first-order valence-electron chi connectivity index (χ1n) is 5.92. The van der Waals surface area contributed by atoms with Crippen LogP contribution in [0.3, 0.4) is 0 Å². The van der Waals surface area contributed by atoms with Crippen LogP contribution in [0, 0.1) is 22.0 Å². The first-order valence-corrected chi connectivity index (χ1v) is 5.92. The highest BCUT2D eigenvalue weighted by Gasteiger charge is 2.39. The van der Waals surface area contributed by atoms with Crippen LogP contribution < -0.4 is 0 Å². The van der Waals surface area contributed by atoms with Gasteiger partial charge in [0.25, 0.3) is 0 Å². The van der Waals surface area contributed by atoms with Gasteiger partial charge in [0.05, 0.1) is 13.2 Å². The maximum Gasteiger partial charge on any atom is 0.320 e. The van der Waals surface area contributed by atoms with Crippen molar-refractivity contribution in [3.8, 4) is 0 Å². The van der Waals surface area contributed by atoms with Crippen LogP contribution >= 0.6 is 0 Å². The highest BCUT2D eigenvalue weighted by molar-refractivity contribution is 5.95. The summed E-state index contributed by atoms with van der Waals surface area (Å²) < 4.78 is 9.55. The van der Waals surface area contributed by atoms with Gasteiger partial charge >= 0.3 is 11.9 Å². The lowest BCUT2D eigenvalue weighted by atomic mass is 9.90. The minimum Gasteiger partial charge on any atom is -0.465 e. The van der Waals surface area contributed by atoms with Crippen LogP contribution in [0.4, 0.5) is 0 Å². The summed E-state index contributed by atoms with van der Waals surface area (Å²) in [6.07, 6.45) is 0.323. The van der Waals surface area contributed by atoms with Gasteiger partial charge in [0.1, 0.15) is 0 Å². The van der Waals surface area contributed by atoms with E-state index in [9.17, 15) is 19.7 Å².